The SMILES string of the molecule is CCN(C(=O)c1ccccc1OC)C(C)c1ccc(F)cc1. The first-order valence-corrected chi connectivity index (χ1v) is 7.28. The smallest absolute Gasteiger partial charge is 0.258 e. The molecule has 1 atom stereocenters. The molecule has 0 saturated carbocycles. The zero-order valence-electron chi connectivity index (χ0n) is 13.0. The second-order valence-corrected chi connectivity index (χ2v) is 5.02. The van der Waals surface area contributed by atoms with Crippen LogP contribution in [0, 0.1) is 5.82 Å². The zero-order chi connectivity index (χ0) is 16.1. The Labute approximate surface area is 130 Å². The number of para-hydroxylation sites is 1. The van der Waals surface area contributed by atoms with Crippen LogP contribution in [0.25, 0.3) is 0 Å². The number of halogens is 1. The number of hydrogen-bond donors (Lipinski definition) is 0. The van der Waals surface area contributed by atoms with Crippen molar-refractivity contribution in [1.82, 2.24) is 4.90 Å². The molecule has 4 heteroatoms. The van der Waals surface area contributed by atoms with Gasteiger partial charge in [0.05, 0.1) is 18.7 Å². The quantitative estimate of drug-likeness (QED) is 0.833. The van der Waals surface area contributed by atoms with Gasteiger partial charge in [-0.15, -0.1) is 0 Å². The molecule has 2 aromatic carbocycles. The highest BCUT2D eigenvalue weighted by molar-refractivity contribution is 5.97. The largest absolute Gasteiger partial charge is 0.496 e. The molecule has 0 aromatic heterocycles. The van der Waals surface area contributed by atoms with Gasteiger partial charge < -0.3 is 9.64 Å². The standard InChI is InChI=1S/C18H20FNO2/c1-4-20(13(2)14-9-11-15(19)12-10-14)18(21)16-7-5-6-8-17(16)22-3/h5-13H,4H2,1-3H3. The Morgan fingerprint density at radius 3 is 2.41 bits per heavy atom. The number of ether oxygens (including phenoxy) is 1. The second-order valence-electron chi connectivity index (χ2n) is 5.02. The summed E-state index contributed by atoms with van der Waals surface area (Å²) in [4.78, 5) is 14.6. The number of rotatable bonds is 5. The molecular formula is C18H20FNO2. The highest BCUT2D eigenvalue weighted by atomic mass is 19.1. The Balaban J connectivity index is 2.30. The second kappa shape index (κ2) is 7.07. The van der Waals surface area contributed by atoms with Gasteiger partial charge in [0.25, 0.3) is 5.91 Å². The van der Waals surface area contributed by atoms with Crippen molar-refractivity contribution in [2.75, 3.05) is 13.7 Å². The van der Waals surface area contributed by atoms with Crippen molar-refractivity contribution in [2.45, 2.75) is 19.9 Å². The molecule has 0 radical (unpaired) electrons. The molecule has 3 nitrogen and oxygen atoms in total. The summed E-state index contributed by atoms with van der Waals surface area (Å²) in [6.45, 7) is 4.41. The molecular weight excluding hydrogens is 281 g/mol. The fourth-order valence-corrected chi connectivity index (χ4v) is 2.49. The van der Waals surface area contributed by atoms with Crippen LogP contribution >= 0.6 is 0 Å². The molecule has 0 spiro atoms. The third-order valence-corrected chi connectivity index (χ3v) is 3.76. The molecule has 1 unspecified atom stereocenters. The Morgan fingerprint density at radius 1 is 1.18 bits per heavy atom. The molecule has 0 aliphatic rings. The summed E-state index contributed by atoms with van der Waals surface area (Å²) in [6, 6.07) is 13.2. The van der Waals surface area contributed by atoms with Crippen molar-refractivity contribution in [3.8, 4) is 5.75 Å². The van der Waals surface area contributed by atoms with Crippen molar-refractivity contribution in [3.63, 3.8) is 0 Å². The van der Waals surface area contributed by atoms with Gasteiger partial charge in [-0.25, -0.2) is 4.39 Å². The van der Waals surface area contributed by atoms with Crippen molar-refractivity contribution >= 4 is 5.91 Å². The maximum absolute atomic E-state index is 13.1. The first-order valence-electron chi connectivity index (χ1n) is 7.28. The summed E-state index contributed by atoms with van der Waals surface area (Å²) < 4.78 is 18.3. The van der Waals surface area contributed by atoms with E-state index in [-0.39, 0.29) is 17.8 Å². The highest BCUT2D eigenvalue weighted by Crippen LogP contribution is 2.26. The number of hydrogen-bond acceptors (Lipinski definition) is 2. The van der Waals surface area contributed by atoms with E-state index in [4.69, 9.17) is 4.74 Å². The summed E-state index contributed by atoms with van der Waals surface area (Å²) in [5.74, 6) is 0.170. The number of carbonyl (C=O) groups excluding carboxylic acids is 1. The Bertz CT molecular complexity index is 640. The van der Waals surface area contributed by atoms with Crippen LogP contribution in [-0.4, -0.2) is 24.5 Å². The van der Waals surface area contributed by atoms with E-state index in [2.05, 4.69) is 0 Å². The van der Waals surface area contributed by atoms with Crippen LogP contribution < -0.4 is 4.74 Å². The lowest BCUT2D eigenvalue weighted by atomic mass is 10.1. The predicted molar refractivity (Wildman–Crippen MR) is 84.5 cm³/mol. The van der Waals surface area contributed by atoms with E-state index >= 15 is 0 Å². The minimum Gasteiger partial charge on any atom is -0.496 e. The van der Waals surface area contributed by atoms with Crippen LogP contribution in [0.5, 0.6) is 5.75 Å². The number of carbonyl (C=O) groups is 1. The number of benzene rings is 2. The maximum Gasteiger partial charge on any atom is 0.258 e. The van der Waals surface area contributed by atoms with Gasteiger partial charge in [0.2, 0.25) is 0 Å². The van der Waals surface area contributed by atoms with Gasteiger partial charge in [-0.1, -0.05) is 24.3 Å². The van der Waals surface area contributed by atoms with Crippen LogP contribution in [0.3, 0.4) is 0 Å². The van der Waals surface area contributed by atoms with Gasteiger partial charge in [-0.05, 0) is 43.7 Å². The van der Waals surface area contributed by atoms with E-state index in [1.807, 2.05) is 26.0 Å². The summed E-state index contributed by atoms with van der Waals surface area (Å²) in [6.07, 6.45) is 0. The van der Waals surface area contributed by atoms with Crippen LogP contribution in [0.2, 0.25) is 0 Å². The topological polar surface area (TPSA) is 29.5 Å². The van der Waals surface area contributed by atoms with E-state index < -0.39 is 0 Å². The Kier molecular flexibility index (Phi) is 5.15. The molecule has 0 aliphatic carbocycles. The highest BCUT2D eigenvalue weighted by Gasteiger charge is 2.23. The first-order chi connectivity index (χ1) is 10.6. The minimum atomic E-state index is -0.282. The van der Waals surface area contributed by atoms with E-state index in [1.165, 1.54) is 12.1 Å². The molecule has 0 aliphatic heterocycles. The Hall–Kier alpha value is -2.36. The molecule has 1 amide bonds. The van der Waals surface area contributed by atoms with E-state index in [0.29, 0.717) is 17.9 Å². The third-order valence-electron chi connectivity index (χ3n) is 3.76. The molecule has 2 aromatic rings. The van der Waals surface area contributed by atoms with Gasteiger partial charge in [0.1, 0.15) is 11.6 Å². The monoisotopic (exact) mass is 301 g/mol. The van der Waals surface area contributed by atoms with Crippen LogP contribution in [-0.2, 0) is 0 Å². The molecule has 0 bridgehead atoms. The van der Waals surface area contributed by atoms with Crippen molar-refractivity contribution in [3.05, 3.63) is 65.5 Å². The van der Waals surface area contributed by atoms with E-state index in [1.54, 1.807) is 36.3 Å². The van der Waals surface area contributed by atoms with Crippen molar-refractivity contribution in [1.29, 1.82) is 0 Å². The molecule has 116 valence electrons. The van der Waals surface area contributed by atoms with Gasteiger partial charge in [-0.2, -0.15) is 0 Å². The summed E-state index contributed by atoms with van der Waals surface area (Å²) in [5, 5.41) is 0. The normalized spacial score (nSPS) is 11.8. The molecule has 0 fully saturated rings. The lowest BCUT2D eigenvalue weighted by Crippen LogP contribution is -2.33. The summed E-state index contributed by atoms with van der Waals surface area (Å²) in [7, 11) is 1.55. The molecule has 0 heterocycles. The van der Waals surface area contributed by atoms with Crippen molar-refractivity contribution in [2.24, 2.45) is 0 Å². The maximum atomic E-state index is 13.1. The number of methoxy groups -OCH3 is 1. The zero-order valence-corrected chi connectivity index (χ0v) is 13.0. The van der Waals surface area contributed by atoms with Crippen LogP contribution in [0.1, 0.15) is 35.8 Å². The van der Waals surface area contributed by atoms with Crippen molar-refractivity contribution < 1.29 is 13.9 Å². The fourth-order valence-electron chi connectivity index (χ4n) is 2.49. The van der Waals surface area contributed by atoms with E-state index in [9.17, 15) is 9.18 Å². The lowest BCUT2D eigenvalue weighted by molar-refractivity contribution is 0.0699. The predicted octanol–water partition coefficient (Wildman–Crippen LogP) is 4.06. The van der Waals surface area contributed by atoms with Gasteiger partial charge in [0.15, 0.2) is 0 Å². The van der Waals surface area contributed by atoms with Gasteiger partial charge >= 0.3 is 0 Å². The third kappa shape index (κ3) is 3.27. The minimum absolute atomic E-state index is 0.100. The van der Waals surface area contributed by atoms with Crippen LogP contribution in [0.4, 0.5) is 4.39 Å². The molecule has 0 saturated heterocycles. The molecule has 2 rings (SSSR count). The fraction of sp³-hybridized carbons (Fsp3) is 0.278. The van der Waals surface area contributed by atoms with Crippen LogP contribution in [0.15, 0.2) is 48.5 Å². The summed E-state index contributed by atoms with van der Waals surface area (Å²) in [5.41, 5.74) is 1.42. The number of nitrogens with zero attached hydrogens (tertiary/aromatic N) is 1. The van der Waals surface area contributed by atoms with Gasteiger partial charge in [0, 0.05) is 6.54 Å². The Morgan fingerprint density at radius 2 is 1.82 bits per heavy atom. The molecule has 0 N–H and O–H groups in total. The number of amides is 1. The average molecular weight is 301 g/mol. The lowest BCUT2D eigenvalue weighted by Gasteiger charge is -2.29. The van der Waals surface area contributed by atoms with Gasteiger partial charge in [-0.3, -0.25) is 4.79 Å². The van der Waals surface area contributed by atoms with E-state index in [0.717, 1.165) is 5.56 Å². The average Bonchev–Trinajstić information content (AvgIpc) is 2.55. The first kappa shape index (κ1) is 16.0. The summed E-state index contributed by atoms with van der Waals surface area (Å²) >= 11 is 0. The molecule has 22 heavy (non-hydrogen) atoms.